The molecule has 1 aliphatic carbocycles. The van der Waals surface area contributed by atoms with Crippen LogP contribution in [0.15, 0.2) is 249 Å². The second-order valence-corrected chi connectivity index (χ2v) is 17.6. The first-order valence-corrected chi connectivity index (χ1v) is 22.9. The number of allylic oxidation sites excluding steroid dienone is 2. The number of fused-ring (bicyclic) bond motifs is 8. The molecular weight excluding hydrogens is 799 g/mol. The first-order chi connectivity index (χ1) is 32.7. The molecule has 1 heterocycles. The number of nitrogens with zero attached hydrogens (tertiary/aromatic N) is 1. The minimum Gasteiger partial charge on any atom is -0.485 e. The zero-order valence-electron chi connectivity index (χ0n) is 36.2. The van der Waals surface area contributed by atoms with Gasteiger partial charge < -0.3 is 9.64 Å². The van der Waals surface area contributed by atoms with Crippen molar-refractivity contribution in [2.24, 2.45) is 0 Å². The van der Waals surface area contributed by atoms with Crippen molar-refractivity contribution in [3.05, 3.63) is 254 Å². The second kappa shape index (κ2) is 15.7. The third kappa shape index (κ3) is 6.49. The quantitative estimate of drug-likeness (QED) is 0.148. The molecule has 0 aromatic heterocycles. The largest absolute Gasteiger partial charge is 0.485 e. The maximum atomic E-state index is 6.38. The highest BCUT2D eigenvalue weighted by Crippen LogP contribution is 2.46. The minimum absolute atomic E-state index is 0.0781. The zero-order chi connectivity index (χ0) is 43.6. The summed E-state index contributed by atoms with van der Waals surface area (Å²) >= 11 is 0. The van der Waals surface area contributed by atoms with Gasteiger partial charge >= 0.3 is 0 Å². The lowest BCUT2D eigenvalue weighted by Crippen LogP contribution is -2.15. The fourth-order valence-corrected chi connectivity index (χ4v) is 10.5. The standard InChI is InChI=1S/C64H43NO/c1-4-19-53-44(13-1)16-12-25-57(53)61-39-50(38-48-14-2-6-21-55(48)61)43-29-34-52(35-30-43)65(62-40-49-15-3-5-20-54(49)56-22-7-8-23-58(56)62)51-32-27-42(28-33-51)45-17-11-18-46(37-45)47-31-36-60-59-24-9-10-26-63(59)66-64(60)41-47/h1-41,59,63H. The molecule has 0 saturated heterocycles. The van der Waals surface area contributed by atoms with Gasteiger partial charge in [0, 0.05) is 28.2 Å². The van der Waals surface area contributed by atoms with E-state index in [1.165, 1.54) is 82.0 Å². The van der Waals surface area contributed by atoms with Crippen molar-refractivity contribution in [2.75, 3.05) is 4.90 Å². The Balaban J connectivity index is 0.899. The van der Waals surface area contributed by atoms with E-state index in [1.54, 1.807) is 0 Å². The van der Waals surface area contributed by atoms with Gasteiger partial charge in [-0.3, -0.25) is 0 Å². The highest BCUT2D eigenvalue weighted by atomic mass is 16.5. The Kier molecular flexibility index (Phi) is 9.02. The Morgan fingerprint density at radius 3 is 1.64 bits per heavy atom. The lowest BCUT2D eigenvalue weighted by Gasteiger charge is -2.28. The molecule has 0 radical (unpaired) electrons. The van der Waals surface area contributed by atoms with Crippen LogP contribution in [-0.2, 0) is 0 Å². The summed E-state index contributed by atoms with van der Waals surface area (Å²) in [6.45, 7) is 0. The van der Waals surface area contributed by atoms with Crippen molar-refractivity contribution >= 4 is 60.2 Å². The van der Waals surface area contributed by atoms with E-state index < -0.39 is 0 Å². The minimum atomic E-state index is 0.0781. The van der Waals surface area contributed by atoms with Crippen LogP contribution in [0.4, 0.5) is 17.1 Å². The topological polar surface area (TPSA) is 12.5 Å². The van der Waals surface area contributed by atoms with Crippen molar-refractivity contribution in [1.82, 2.24) is 0 Å². The Bertz CT molecular complexity index is 3740. The van der Waals surface area contributed by atoms with Gasteiger partial charge in [0.15, 0.2) is 0 Å². The van der Waals surface area contributed by atoms with E-state index in [0.717, 1.165) is 33.9 Å². The average Bonchev–Trinajstić information content (AvgIpc) is 3.77. The Hall–Kier alpha value is -8.46. The molecule has 310 valence electrons. The summed E-state index contributed by atoms with van der Waals surface area (Å²) in [5, 5.41) is 9.89. The molecule has 1 aliphatic heterocycles. The normalized spacial score (nSPS) is 15.0. The molecular formula is C64H43NO. The van der Waals surface area contributed by atoms with Crippen molar-refractivity contribution in [2.45, 2.75) is 12.0 Å². The maximum Gasteiger partial charge on any atom is 0.128 e. The van der Waals surface area contributed by atoms with E-state index in [4.69, 9.17) is 4.74 Å². The van der Waals surface area contributed by atoms with Gasteiger partial charge in [0.1, 0.15) is 11.9 Å². The summed E-state index contributed by atoms with van der Waals surface area (Å²) in [6, 6.07) is 82.4. The predicted molar refractivity (Wildman–Crippen MR) is 278 cm³/mol. The van der Waals surface area contributed by atoms with Crippen molar-refractivity contribution in [3.8, 4) is 50.3 Å². The maximum absolute atomic E-state index is 6.38. The van der Waals surface area contributed by atoms with Crippen LogP contribution in [0.1, 0.15) is 11.5 Å². The molecule has 11 aromatic rings. The van der Waals surface area contributed by atoms with Crippen LogP contribution in [0.2, 0.25) is 0 Å². The Morgan fingerprint density at radius 2 is 0.879 bits per heavy atom. The molecule has 2 aliphatic rings. The summed E-state index contributed by atoms with van der Waals surface area (Å²) in [7, 11) is 0. The summed E-state index contributed by atoms with van der Waals surface area (Å²) in [5.74, 6) is 1.26. The van der Waals surface area contributed by atoms with E-state index >= 15 is 0 Å². The molecule has 2 unspecified atom stereocenters. The summed E-state index contributed by atoms with van der Waals surface area (Å²) in [5.41, 5.74) is 14.1. The number of benzene rings is 11. The molecule has 0 spiro atoms. The van der Waals surface area contributed by atoms with Crippen LogP contribution < -0.4 is 9.64 Å². The second-order valence-electron chi connectivity index (χ2n) is 17.6. The number of hydrogen-bond donors (Lipinski definition) is 0. The van der Waals surface area contributed by atoms with Gasteiger partial charge in [-0.05, 0) is 143 Å². The number of anilines is 3. The van der Waals surface area contributed by atoms with Crippen LogP contribution in [-0.4, -0.2) is 6.10 Å². The monoisotopic (exact) mass is 841 g/mol. The summed E-state index contributed by atoms with van der Waals surface area (Å²) < 4.78 is 6.38. The van der Waals surface area contributed by atoms with Crippen molar-refractivity contribution in [3.63, 3.8) is 0 Å². The number of ether oxygens (including phenoxy) is 1. The van der Waals surface area contributed by atoms with E-state index in [0.29, 0.717) is 0 Å². The van der Waals surface area contributed by atoms with Crippen LogP contribution in [0.3, 0.4) is 0 Å². The SMILES string of the molecule is C1=CC2Oc3cc(-c4cccc(-c5ccc(N(c6ccc(-c7cc(-c8cccc9ccccc89)c8ccccc8c7)cc6)c6cc7ccccc7c7ccccc67)cc5)c4)ccc3C2C=C1. The highest BCUT2D eigenvalue weighted by Gasteiger charge is 2.32. The molecule has 11 aromatic carbocycles. The summed E-state index contributed by atoms with van der Waals surface area (Å²) in [6.07, 6.45) is 8.68. The molecule has 0 bridgehead atoms. The summed E-state index contributed by atoms with van der Waals surface area (Å²) in [4.78, 5) is 2.42. The molecule has 13 rings (SSSR count). The van der Waals surface area contributed by atoms with Gasteiger partial charge in [-0.2, -0.15) is 0 Å². The van der Waals surface area contributed by atoms with Gasteiger partial charge in [-0.1, -0.05) is 188 Å². The molecule has 0 amide bonds. The van der Waals surface area contributed by atoms with Gasteiger partial charge in [0.25, 0.3) is 0 Å². The van der Waals surface area contributed by atoms with Crippen molar-refractivity contribution < 1.29 is 4.74 Å². The zero-order valence-corrected chi connectivity index (χ0v) is 36.2. The van der Waals surface area contributed by atoms with Crippen molar-refractivity contribution in [1.29, 1.82) is 0 Å². The predicted octanol–water partition coefficient (Wildman–Crippen LogP) is 17.4. The Labute approximate surface area is 384 Å². The molecule has 2 atom stereocenters. The van der Waals surface area contributed by atoms with Crippen LogP contribution in [0, 0.1) is 0 Å². The van der Waals surface area contributed by atoms with E-state index in [-0.39, 0.29) is 12.0 Å². The first-order valence-electron chi connectivity index (χ1n) is 22.9. The van der Waals surface area contributed by atoms with Gasteiger partial charge in [0.2, 0.25) is 0 Å². The smallest absolute Gasteiger partial charge is 0.128 e. The third-order valence-corrected chi connectivity index (χ3v) is 13.8. The van der Waals surface area contributed by atoms with Gasteiger partial charge in [0.05, 0.1) is 5.69 Å². The molecule has 0 fully saturated rings. The Morgan fingerprint density at radius 1 is 0.333 bits per heavy atom. The van der Waals surface area contributed by atoms with E-state index in [1.807, 2.05) is 0 Å². The fraction of sp³-hybridized carbons (Fsp3) is 0.0312. The molecule has 2 nitrogen and oxygen atoms in total. The molecule has 2 heteroatoms. The van der Waals surface area contributed by atoms with Crippen LogP contribution in [0.25, 0.3) is 87.6 Å². The highest BCUT2D eigenvalue weighted by molar-refractivity contribution is 6.15. The van der Waals surface area contributed by atoms with Gasteiger partial charge in [-0.25, -0.2) is 0 Å². The third-order valence-electron chi connectivity index (χ3n) is 13.8. The fourth-order valence-electron chi connectivity index (χ4n) is 10.5. The lowest BCUT2D eigenvalue weighted by atomic mass is 9.90. The van der Waals surface area contributed by atoms with Gasteiger partial charge in [-0.15, -0.1) is 0 Å². The number of rotatable bonds is 7. The van der Waals surface area contributed by atoms with Crippen LogP contribution in [0.5, 0.6) is 5.75 Å². The lowest BCUT2D eigenvalue weighted by molar-refractivity contribution is 0.269. The molecule has 0 saturated carbocycles. The van der Waals surface area contributed by atoms with E-state index in [2.05, 4.69) is 254 Å². The molecule has 66 heavy (non-hydrogen) atoms. The number of hydrogen-bond acceptors (Lipinski definition) is 2. The van der Waals surface area contributed by atoms with E-state index in [9.17, 15) is 0 Å². The average molecular weight is 842 g/mol. The first kappa shape index (κ1) is 38.0. The van der Waals surface area contributed by atoms with Crippen LogP contribution >= 0.6 is 0 Å². The molecule has 0 N–H and O–H groups in total.